The molecule has 1 aliphatic heterocycles. The molecule has 3 rings (SSSR count). The van der Waals surface area contributed by atoms with Crippen LogP contribution in [0.1, 0.15) is 18.2 Å². The molecule has 0 saturated heterocycles. The molecule has 4 N–H and O–H groups in total. The van der Waals surface area contributed by atoms with Gasteiger partial charge in [-0.3, -0.25) is 0 Å². The van der Waals surface area contributed by atoms with Crippen LogP contribution in [0.4, 0.5) is 0 Å². The molecule has 2 aromatic rings. The summed E-state index contributed by atoms with van der Waals surface area (Å²) >= 11 is 5.86. The second-order valence-electron chi connectivity index (χ2n) is 5.59. The number of hydrogen-bond donors (Lipinski definition) is 2. The maximum Gasteiger partial charge on any atom is 0.220 e. The smallest absolute Gasteiger partial charge is 0.220 e. The molecule has 6 nitrogen and oxygen atoms in total. The van der Waals surface area contributed by atoms with Gasteiger partial charge in [0.15, 0.2) is 6.17 Å². The van der Waals surface area contributed by atoms with E-state index in [4.69, 9.17) is 27.8 Å². The maximum atomic E-state index is 6.07. The molecule has 1 unspecified atom stereocenters. The van der Waals surface area contributed by atoms with Gasteiger partial charge in [0.25, 0.3) is 0 Å². The molecule has 0 aromatic heterocycles. The molecule has 0 amide bonds. The fourth-order valence-corrected chi connectivity index (χ4v) is 2.73. The molecule has 7 heteroatoms. The van der Waals surface area contributed by atoms with E-state index < -0.39 is 0 Å². The summed E-state index contributed by atoms with van der Waals surface area (Å²) in [6, 6.07) is 17.2. The van der Waals surface area contributed by atoms with E-state index in [1.165, 1.54) is 0 Å². The summed E-state index contributed by atoms with van der Waals surface area (Å²) in [5.41, 5.74) is 12.9. The lowest BCUT2D eigenvalue weighted by molar-refractivity contribution is 0.258. The lowest BCUT2D eigenvalue weighted by Gasteiger charge is -2.32. The fraction of sp³-hybridized carbons (Fsp3) is 0.222. The lowest BCUT2D eigenvalue weighted by Crippen LogP contribution is -2.44. The van der Waals surface area contributed by atoms with E-state index in [-0.39, 0.29) is 12.1 Å². The van der Waals surface area contributed by atoms with E-state index in [2.05, 4.69) is 9.98 Å². The van der Waals surface area contributed by atoms with Crippen molar-refractivity contribution in [1.29, 1.82) is 0 Å². The number of hydrogen-bond acceptors (Lipinski definition) is 6. The van der Waals surface area contributed by atoms with Crippen molar-refractivity contribution in [1.82, 2.24) is 4.90 Å². The van der Waals surface area contributed by atoms with Crippen LogP contribution in [0.15, 0.2) is 64.6 Å². The maximum absolute atomic E-state index is 6.07. The zero-order valence-corrected chi connectivity index (χ0v) is 14.4. The standard InChI is InChI=1S/C18H20ClN5O/c19-14-7-9-15(10-8-14)25-12-4-11-24-16(13-5-2-1-3-6-13)22-17(20)23-18(24)21/h1-3,5-10,16H,4,11-12H2,(H4,20,21,22,23). The largest absolute Gasteiger partial charge is 0.494 e. The first-order chi connectivity index (χ1) is 12.1. The van der Waals surface area contributed by atoms with Gasteiger partial charge in [-0.15, -0.1) is 0 Å². The quantitative estimate of drug-likeness (QED) is 0.778. The van der Waals surface area contributed by atoms with Crippen LogP contribution in [-0.2, 0) is 0 Å². The second kappa shape index (κ2) is 7.90. The van der Waals surface area contributed by atoms with E-state index >= 15 is 0 Å². The fourth-order valence-electron chi connectivity index (χ4n) is 2.60. The van der Waals surface area contributed by atoms with E-state index in [1.807, 2.05) is 47.4 Å². The number of aliphatic imine (C=N–C) groups is 2. The molecular formula is C18H20ClN5O. The van der Waals surface area contributed by atoms with Crippen molar-refractivity contribution in [3.8, 4) is 5.75 Å². The highest BCUT2D eigenvalue weighted by Gasteiger charge is 2.25. The van der Waals surface area contributed by atoms with Crippen LogP contribution >= 0.6 is 11.6 Å². The van der Waals surface area contributed by atoms with E-state index in [0.717, 1.165) is 17.7 Å². The topological polar surface area (TPSA) is 89.2 Å². The van der Waals surface area contributed by atoms with Crippen LogP contribution in [0.2, 0.25) is 5.02 Å². The number of ether oxygens (including phenoxy) is 1. The van der Waals surface area contributed by atoms with Crippen LogP contribution in [0.3, 0.4) is 0 Å². The van der Waals surface area contributed by atoms with Gasteiger partial charge in [-0.1, -0.05) is 41.9 Å². The van der Waals surface area contributed by atoms with Gasteiger partial charge in [0.05, 0.1) is 6.61 Å². The SMILES string of the molecule is NC1=NC(c2ccccc2)N(CCCOc2ccc(Cl)cc2)C(N)=N1. The molecule has 0 radical (unpaired) electrons. The minimum absolute atomic E-state index is 0.194. The highest BCUT2D eigenvalue weighted by molar-refractivity contribution is 6.30. The van der Waals surface area contributed by atoms with Crippen LogP contribution in [0.25, 0.3) is 0 Å². The van der Waals surface area contributed by atoms with Crippen molar-refractivity contribution in [3.05, 3.63) is 65.2 Å². The van der Waals surface area contributed by atoms with Crippen LogP contribution in [-0.4, -0.2) is 30.0 Å². The molecule has 130 valence electrons. The Labute approximate surface area is 151 Å². The minimum atomic E-state index is -0.269. The normalized spacial score (nSPS) is 17.0. The highest BCUT2D eigenvalue weighted by atomic mass is 35.5. The number of rotatable bonds is 6. The zero-order valence-electron chi connectivity index (χ0n) is 13.7. The van der Waals surface area contributed by atoms with Crippen molar-refractivity contribution in [3.63, 3.8) is 0 Å². The minimum Gasteiger partial charge on any atom is -0.494 e. The average molecular weight is 358 g/mol. The number of guanidine groups is 2. The summed E-state index contributed by atoms with van der Waals surface area (Å²) in [4.78, 5) is 10.4. The molecule has 0 fully saturated rings. The van der Waals surface area contributed by atoms with Gasteiger partial charge in [-0.2, -0.15) is 4.99 Å². The number of halogens is 1. The molecule has 2 aromatic carbocycles. The van der Waals surface area contributed by atoms with Gasteiger partial charge in [0, 0.05) is 11.6 Å². The first-order valence-electron chi connectivity index (χ1n) is 8.01. The third kappa shape index (κ3) is 4.42. The van der Waals surface area contributed by atoms with Crippen LogP contribution in [0, 0.1) is 0 Å². The van der Waals surface area contributed by atoms with Gasteiger partial charge >= 0.3 is 0 Å². The third-order valence-corrected chi connectivity index (χ3v) is 4.05. The van der Waals surface area contributed by atoms with Gasteiger partial charge in [0.1, 0.15) is 5.75 Å². The molecule has 0 saturated carbocycles. The first-order valence-corrected chi connectivity index (χ1v) is 8.38. The molecule has 0 spiro atoms. The Bertz CT molecular complexity index is 761. The van der Waals surface area contributed by atoms with Crippen molar-refractivity contribution in [2.24, 2.45) is 21.5 Å². The molecule has 1 aliphatic rings. The van der Waals surface area contributed by atoms with E-state index in [0.29, 0.717) is 24.1 Å². The van der Waals surface area contributed by atoms with Crippen molar-refractivity contribution in [2.45, 2.75) is 12.6 Å². The third-order valence-electron chi connectivity index (χ3n) is 3.80. The summed E-state index contributed by atoms with van der Waals surface area (Å²) in [6.07, 6.45) is 0.492. The summed E-state index contributed by atoms with van der Waals surface area (Å²) in [7, 11) is 0. The molecule has 1 heterocycles. The average Bonchev–Trinajstić information content (AvgIpc) is 2.62. The van der Waals surface area contributed by atoms with Gasteiger partial charge < -0.3 is 21.1 Å². The molecule has 25 heavy (non-hydrogen) atoms. The summed E-state index contributed by atoms with van der Waals surface area (Å²) < 4.78 is 5.72. The molecular weight excluding hydrogens is 338 g/mol. The Morgan fingerprint density at radius 3 is 2.48 bits per heavy atom. The Morgan fingerprint density at radius 1 is 1.04 bits per heavy atom. The van der Waals surface area contributed by atoms with Crippen LogP contribution < -0.4 is 16.2 Å². The van der Waals surface area contributed by atoms with E-state index in [9.17, 15) is 0 Å². The van der Waals surface area contributed by atoms with Gasteiger partial charge in [-0.05, 0) is 36.2 Å². The predicted molar refractivity (Wildman–Crippen MR) is 101 cm³/mol. The second-order valence-corrected chi connectivity index (χ2v) is 6.03. The highest BCUT2D eigenvalue weighted by Crippen LogP contribution is 2.24. The number of nitrogens with two attached hydrogens (primary N) is 2. The molecule has 1 atom stereocenters. The Balaban J connectivity index is 1.61. The Kier molecular flexibility index (Phi) is 5.40. The molecule has 0 bridgehead atoms. The monoisotopic (exact) mass is 357 g/mol. The van der Waals surface area contributed by atoms with Gasteiger partial charge in [-0.25, -0.2) is 4.99 Å². The first kappa shape index (κ1) is 17.1. The predicted octanol–water partition coefficient (Wildman–Crippen LogP) is 2.75. The summed E-state index contributed by atoms with van der Waals surface area (Å²) in [5, 5.41) is 0.686. The summed E-state index contributed by atoms with van der Waals surface area (Å²) in [5.74, 6) is 1.35. The van der Waals surface area contributed by atoms with Crippen LogP contribution in [0.5, 0.6) is 5.75 Å². The van der Waals surface area contributed by atoms with Crippen molar-refractivity contribution >= 4 is 23.5 Å². The zero-order chi connectivity index (χ0) is 17.6. The summed E-state index contributed by atoms with van der Waals surface area (Å²) in [6.45, 7) is 1.20. The molecule has 0 aliphatic carbocycles. The van der Waals surface area contributed by atoms with Gasteiger partial charge in [0.2, 0.25) is 11.9 Å². The lowest BCUT2D eigenvalue weighted by atomic mass is 10.1. The van der Waals surface area contributed by atoms with Crippen molar-refractivity contribution < 1.29 is 4.74 Å². The Hall–Kier alpha value is -2.73. The number of benzene rings is 2. The number of nitrogens with zero attached hydrogens (tertiary/aromatic N) is 3. The van der Waals surface area contributed by atoms with Crippen molar-refractivity contribution in [2.75, 3.05) is 13.2 Å². The van der Waals surface area contributed by atoms with E-state index in [1.54, 1.807) is 12.1 Å². The Morgan fingerprint density at radius 2 is 1.76 bits per heavy atom.